The highest BCUT2D eigenvalue weighted by atomic mass is 15.2. The monoisotopic (exact) mass is 231 g/mol. The summed E-state index contributed by atoms with van der Waals surface area (Å²) >= 11 is 0. The quantitative estimate of drug-likeness (QED) is 0.744. The molecule has 3 rings (SSSR count). The first-order valence-corrected chi connectivity index (χ1v) is 6.59. The lowest BCUT2D eigenvalue weighted by molar-refractivity contribution is 0.120. The van der Waals surface area contributed by atoms with E-state index in [1.807, 2.05) is 6.20 Å². The van der Waals surface area contributed by atoms with Crippen molar-refractivity contribution in [1.29, 1.82) is 0 Å². The molecule has 0 N–H and O–H groups in total. The Morgan fingerprint density at radius 2 is 2.18 bits per heavy atom. The highest BCUT2D eigenvalue weighted by Crippen LogP contribution is 2.43. The van der Waals surface area contributed by atoms with E-state index in [9.17, 15) is 0 Å². The van der Waals surface area contributed by atoms with Gasteiger partial charge in [0.25, 0.3) is 0 Å². The fraction of sp³-hybridized carbons (Fsp3) is 0.714. The summed E-state index contributed by atoms with van der Waals surface area (Å²) in [6.07, 6.45) is 7.44. The molecule has 2 aliphatic heterocycles. The van der Waals surface area contributed by atoms with Gasteiger partial charge in [-0.1, -0.05) is 20.8 Å². The largest absolute Gasteiger partial charge is 0.292 e. The van der Waals surface area contributed by atoms with E-state index in [0.29, 0.717) is 17.5 Å². The maximum Gasteiger partial charge on any atom is 0.115 e. The Morgan fingerprint density at radius 1 is 1.35 bits per heavy atom. The van der Waals surface area contributed by atoms with Gasteiger partial charge in [-0.3, -0.25) is 4.90 Å². The van der Waals surface area contributed by atoms with E-state index in [-0.39, 0.29) is 0 Å². The van der Waals surface area contributed by atoms with Gasteiger partial charge in [-0.2, -0.15) is 0 Å². The van der Waals surface area contributed by atoms with E-state index in [4.69, 9.17) is 0 Å². The Bertz CT molecular complexity index is 422. The van der Waals surface area contributed by atoms with Gasteiger partial charge in [0.1, 0.15) is 6.33 Å². The van der Waals surface area contributed by atoms with Crippen molar-refractivity contribution in [3.63, 3.8) is 0 Å². The molecule has 3 heteroatoms. The lowest BCUT2D eigenvalue weighted by Gasteiger charge is -2.39. The number of fused-ring (bicyclic) bond motifs is 4. The molecule has 1 fully saturated rings. The molecule has 0 saturated carbocycles. The minimum Gasteiger partial charge on any atom is -0.292 e. The average Bonchev–Trinajstić information content (AvgIpc) is 2.53. The summed E-state index contributed by atoms with van der Waals surface area (Å²) in [5.41, 5.74) is 3.04. The second-order valence-corrected chi connectivity index (χ2v) is 6.61. The van der Waals surface area contributed by atoms with Crippen LogP contribution in [0.4, 0.5) is 0 Å². The molecule has 2 bridgehead atoms. The molecule has 0 aliphatic carbocycles. The fourth-order valence-electron chi connectivity index (χ4n) is 3.31. The van der Waals surface area contributed by atoms with Crippen molar-refractivity contribution in [2.45, 2.75) is 52.1 Å². The Kier molecular flexibility index (Phi) is 2.47. The number of hydrogen-bond donors (Lipinski definition) is 0. The summed E-state index contributed by atoms with van der Waals surface area (Å²) in [6.45, 7) is 8.15. The Morgan fingerprint density at radius 3 is 2.94 bits per heavy atom. The molecule has 0 aromatic carbocycles. The molecule has 2 aliphatic rings. The van der Waals surface area contributed by atoms with Gasteiger partial charge in [-0.05, 0) is 18.3 Å². The molecule has 0 radical (unpaired) electrons. The van der Waals surface area contributed by atoms with E-state index in [1.165, 1.54) is 30.6 Å². The van der Waals surface area contributed by atoms with Crippen molar-refractivity contribution < 1.29 is 0 Å². The maximum atomic E-state index is 4.45. The zero-order valence-electron chi connectivity index (χ0n) is 11.0. The van der Waals surface area contributed by atoms with E-state index in [0.717, 1.165) is 6.42 Å². The minimum absolute atomic E-state index is 0.369. The Labute approximate surface area is 103 Å². The molecule has 1 saturated heterocycles. The van der Waals surface area contributed by atoms with Gasteiger partial charge in [0, 0.05) is 36.8 Å². The lowest BCUT2D eigenvalue weighted by Crippen LogP contribution is -2.42. The van der Waals surface area contributed by atoms with Gasteiger partial charge >= 0.3 is 0 Å². The van der Waals surface area contributed by atoms with Crippen molar-refractivity contribution in [3.05, 3.63) is 23.8 Å². The summed E-state index contributed by atoms with van der Waals surface area (Å²) < 4.78 is 0. The summed E-state index contributed by atoms with van der Waals surface area (Å²) in [6, 6.07) is 1.28. The average molecular weight is 231 g/mol. The summed E-state index contributed by atoms with van der Waals surface area (Å²) in [4.78, 5) is 11.3. The van der Waals surface area contributed by atoms with Crippen molar-refractivity contribution in [1.82, 2.24) is 14.9 Å². The molecule has 92 valence electrons. The van der Waals surface area contributed by atoms with Crippen LogP contribution in [0.3, 0.4) is 0 Å². The Balaban J connectivity index is 1.92. The maximum absolute atomic E-state index is 4.45. The molecule has 0 spiro atoms. The summed E-state index contributed by atoms with van der Waals surface area (Å²) in [7, 11) is 0. The van der Waals surface area contributed by atoms with E-state index in [1.54, 1.807) is 6.33 Å². The molecule has 2 atom stereocenters. The number of nitrogens with zero attached hydrogens (tertiary/aromatic N) is 3. The molecule has 17 heavy (non-hydrogen) atoms. The van der Waals surface area contributed by atoms with Crippen LogP contribution < -0.4 is 0 Å². The van der Waals surface area contributed by atoms with Crippen molar-refractivity contribution >= 4 is 0 Å². The molecule has 1 aromatic heterocycles. The van der Waals surface area contributed by atoms with Gasteiger partial charge < -0.3 is 0 Å². The van der Waals surface area contributed by atoms with E-state index >= 15 is 0 Å². The van der Waals surface area contributed by atoms with Crippen LogP contribution in [0, 0.1) is 5.41 Å². The predicted molar refractivity (Wildman–Crippen MR) is 67.7 cm³/mol. The number of aromatic nitrogens is 2. The number of rotatable bonds is 1. The molecule has 0 amide bonds. The third-order valence-corrected chi connectivity index (χ3v) is 3.91. The minimum atomic E-state index is 0.369. The highest BCUT2D eigenvalue weighted by Gasteiger charge is 2.41. The highest BCUT2D eigenvalue weighted by molar-refractivity contribution is 5.27. The van der Waals surface area contributed by atoms with Crippen LogP contribution >= 0.6 is 0 Å². The van der Waals surface area contributed by atoms with Crippen LogP contribution in [0.5, 0.6) is 0 Å². The van der Waals surface area contributed by atoms with Crippen LogP contribution in [0.1, 0.15) is 50.9 Å². The smallest absolute Gasteiger partial charge is 0.115 e. The lowest BCUT2D eigenvalue weighted by atomic mass is 9.91. The first-order chi connectivity index (χ1) is 8.04. The van der Waals surface area contributed by atoms with Gasteiger partial charge in [-0.15, -0.1) is 0 Å². The normalized spacial score (nSPS) is 28.2. The second kappa shape index (κ2) is 3.77. The van der Waals surface area contributed by atoms with Gasteiger partial charge in [-0.25, -0.2) is 9.97 Å². The second-order valence-electron chi connectivity index (χ2n) is 6.61. The SMILES string of the molecule is CC(C)(C)CN1C2CCC1c1cncnc1C2. The number of hydrogen-bond acceptors (Lipinski definition) is 3. The van der Waals surface area contributed by atoms with Crippen LogP contribution in [-0.2, 0) is 6.42 Å². The third kappa shape index (κ3) is 1.97. The molecular formula is C14H21N3. The molecule has 2 unspecified atom stereocenters. The third-order valence-electron chi connectivity index (χ3n) is 3.91. The first kappa shape index (κ1) is 11.1. The van der Waals surface area contributed by atoms with Crippen molar-refractivity contribution in [2.24, 2.45) is 5.41 Å². The zero-order valence-corrected chi connectivity index (χ0v) is 11.0. The van der Waals surface area contributed by atoms with Crippen LogP contribution in [-0.4, -0.2) is 27.5 Å². The molecule has 3 nitrogen and oxygen atoms in total. The van der Waals surface area contributed by atoms with E-state index in [2.05, 4.69) is 35.6 Å². The van der Waals surface area contributed by atoms with Gasteiger partial charge in [0.05, 0.1) is 5.69 Å². The predicted octanol–water partition coefficient (Wildman–Crippen LogP) is 2.58. The molecule has 3 heterocycles. The van der Waals surface area contributed by atoms with Crippen molar-refractivity contribution in [2.75, 3.05) is 6.54 Å². The van der Waals surface area contributed by atoms with Gasteiger partial charge in [0.2, 0.25) is 0 Å². The van der Waals surface area contributed by atoms with E-state index < -0.39 is 0 Å². The summed E-state index contributed by atoms with van der Waals surface area (Å²) in [5, 5.41) is 0. The first-order valence-electron chi connectivity index (χ1n) is 6.59. The fourth-order valence-corrected chi connectivity index (χ4v) is 3.31. The molecular weight excluding hydrogens is 210 g/mol. The standard InChI is InChI=1S/C14H21N3/c1-14(2,3)8-17-10-4-5-13(17)11-7-15-9-16-12(11)6-10/h7,9-10,13H,4-6,8H2,1-3H3. The van der Waals surface area contributed by atoms with Crippen molar-refractivity contribution in [3.8, 4) is 0 Å². The zero-order chi connectivity index (χ0) is 12.0. The topological polar surface area (TPSA) is 29.0 Å². The van der Waals surface area contributed by atoms with Crippen LogP contribution in [0.25, 0.3) is 0 Å². The molecule has 1 aromatic rings. The van der Waals surface area contributed by atoms with Crippen LogP contribution in [0.2, 0.25) is 0 Å². The Hall–Kier alpha value is -0.960. The van der Waals surface area contributed by atoms with Gasteiger partial charge in [0.15, 0.2) is 0 Å². The summed E-state index contributed by atoms with van der Waals surface area (Å²) in [5.74, 6) is 0. The van der Waals surface area contributed by atoms with Crippen LogP contribution in [0.15, 0.2) is 12.5 Å².